The summed E-state index contributed by atoms with van der Waals surface area (Å²) in [6.07, 6.45) is 0. The molecule has 0 saturated heterocycles. The van der Waals surface area contributed by atoms with Gasteiger partial charge in [-0.2, -0.15) is 0 Å². The zero-order valence-electron chi connectivity index (χ0n) is 10.1. The highest BCUT2D eigenvalue weighted by molar-refractivity contribution is 7.71. The van der Waals surface area contributed by atoms with Crippen molar-refractivity contribution in [2.24, 2.45) is 0 Å². The van der Waals surface area contributed by atoms with Gasteiger partial charge in [0.1, 0.15) is 0 Å². The number of halogens is 2. The lowest BCUT2D eigenvalue weighted by Crippen LogP contribution is -1.96. The number of nitrogens with zero attached hydrogens (tertiary/aromatic N) is 1. The third kappa shape index (κ3) is 2.08. The van der Waals surface area contributed by atoms with Crippen LogP contribution in [0.2, 0.25) is 10.0 Å². The molecule has 0 atom stereocenters. The fourth-order valence-electron chi connectivity index (χ4n) is 2.15. The van der Waals surface area contributed by atoms with Crippen molar-refractivity contribution in [2.75, 3.05) is 0 Å². The first-order valence-corrected chi connectivity index (χ1v) is 6.90. The number of aromatic nitrogens is 2. The smallest absolute Gasteiger partial charge is 0.182 e. The second-order valence-electron chi connectivity index (χ2n) is 4.36. The molecule has 1 N–H and O–H groups in total. The predicted molar refractivity (Wildman–Crippen MR) is 83.2 cm³/mol. The lowest BCUT2D eigenvalue weighted by Gasteiger charge is -2.09. The SMILES string of the molecule is Cc1ccc2c(c1)[nH]c(=S)n2-c1c(Cl)cccc1Cl. The molecule has 1 heterocycles. The quantitative estimate of drug-likeness (QED) is 0.605. The van der Waals surface area contributed by atoms with Crippen molar-refractivity contribution >= 4 is 46.5 Å². The Hall–Kier alpha value is -1.29. The van der Waals surface area contributed by atoms with Crippen molar-refractivity contribution in [2.45, 2.75) is 6.92 Å². The van der Waals surface area contributed by atoms with E-state index in [-0.39, 0.29) is 0 Å². The molecule has 0 spiro atoms. The first-order chi connectivity index (χ1) is 9.08. The Kier molecular flexibility index (Phi) is 3.13. The molecule has 0 unspecified atom stereocenters. The molecule has 0 saturated carbocycles. The van der Waals surface area contributed by atoms with E-state index in [0.717, 1.165) is 11.0 Å². The summed E-state index contributed by atoms with van der Waals surface area (Å²) >= 11 is 17.9. The molecular weight excluding hydrogens is 299 g/mol. The number of imidazole rings is 1. The number of aromatic amines is 1. The molecule has 0 amide bonds. The third-order valence-electron chi connectivity index (χ3n) is 3.00. The second-order valence-corrected chi connectivity index (χ2v) is 5.56. The minimum absolute atomic E-state index is 0.574. The molecule has 3 rings (SSSR count). The van der Waals surface area contributed by atoms with Gasteiger partial charge in [0.2, 0.25) is 0 Å². The Balaban J connectivity index is 2.43. The van der Waals surface area contributed by atoms with E-state index >= 15 is 0 Å². The summed E-state index contributed by atoms with van der Waals surface area (Å²) in [5.74, 6) is 0. The summed E-state index contributed by atoms with van der Waals surface area (Å²) in [6, 6.07) is 11.5. The maximum Gasteiger partial charge on any atom is 0.182 e. The van der Waals surface area contributed by atoms with Crippen molar-refractivity contribution in [3.63, 3.8) is 0 Å². The molecular formula is C14H10Cl2N2S. The lowest BCUT2D eigenvalue weighted by molar-refractivity contribution is 1.07. The van der Waals surface area contributed by atoms with Gasteiger partial charge in [0.15, 0.2) is 4.77 Å². The highest BCUT2D eigenvalue weighted by Crippen LogP contribution is 2.31. The number of para-hydroxylation sites is 1. The molecule has 0 bridgehead atoms. The summed E-state index contributed by atoms with van der Waals surface area (Å²) in [6.45, 7) is 2.04. The number of nitrogens with one attached hydrogen (secondary N) is 1. The van der Waals surface area contributed by atoms with Crippen molar-refractivity contribution in [1.82, 2.24) is 9.55 Å². The van der Waals surface area contributed by atoms with Crippen LogP contribution in [0.1, 0.15) is 5.56 Å². The fourth-order valence-corrected chi connectivity index (χ4v) is 3.02. The van der Waals surface area contributed by atoms with Crippen LogP contribution in [0.15, 0.2) is 36.4 Å². The fraction of sp³-hybridized carbons (Fsp3) is 0.0714. The highest BCUT2D eigenvalue weighted by atomic mass is 35.5. The number of hydrogen-bond acceptors (Lipinski definition) is 1. The topological polar surface area (TPSA) is 20.7 Å². The highest BCUT2D eigenvalue weighted by Gasteiger charge is 2.12. The van der Waals surface area contributed by atoms with Crippen LogP contribution in [0.25, 0.3) is 16.7 Å². The van der Waals surface area contributed by atoms with Crippen LogP contribution in [0, 0.1) is 11.7 Å². The van der Waals surface area contributed by atoms with Gasteiger partial charge in [-0.15, -0.1) is 0 Å². The van der Waals surface area contributed by atoms with Gasteiger partial charge in [-0.05, 0) is 49.0 Å². The normalized spacial score (nSPS) is 11.1. The second kappa shape index (κ2) is 4.67. The molecule has 0 aliphatic carbocycles. The molecule has 0 aliphatic heterocycles. The lowest BCUT2D eigenvalue weighted by atomic mass is 10.2. The summed E-state index contributed by atoms with van der Waals surface area (Å²) < 4.78 is 2.45. The van der Waals surface area contributed by atoms with Crippen LogP contribution in [0.4, 0.5) is 0 Å². The van der Waals surface area contributed by atoms with Crippen molar-refractivity contribution < 1.29 is 0 Å². The summed E-state index contributed by atoms with van der Waals surface area (Å²) in [7, 11) is 0. The van der Waals surface area contributed by atoms with Gasteiger partial charge in [0, 0.05) is 0 Å². The molecule has 96 valence electrons. The number of benzene rings is 2. The van der Waals surface area contributed by atoms with Crippen molar-refractivity contribution in [3.8, 4) is 5.69 Å². The average molecular weight is 309 g/mol. The van der Waals surface area contributed by atoms with Crippen LogP contribution in [0.5, 0.6) is 0 Å². The van der Waals surface area contributed by atoms with Gasteiger partial charge in [-0.3, -0.25) is 4.57 Å². The molecule has 2 aromatic carbocycles. The minimum Gasteiger partial charge on any atom is -0.330 e. The molecule has 0 aliphatic rings. The van der Waals surface area contributed by atoms with Gasteiger partial charge in [-0.1, -0.05) is 35.3 Å². The van der Waals surface area contributed by atoms with Gasteiger partial charge < -0.3 is 4.98 Å². The van der Waals surface area contributed by atoms with Crippen LogP contribution in [0.3, 0.4) is 0 Å². The molecule has 0 fully saturated rings. The van der Waals surface area contributed by atoms with E-state index in [1.165, 1.54) is 5.56 Å². The average Bonchev–Trinajstić information content (AvgIpc) is 2.65. The Labute approximate surface area is 125 Å². The first-order valence-electron chi connectivity index (χ1n) is 5.73. The first kappa shape index (κ1) is 12.7. The molecule has 0 radical (unpaired) electrons. The Morgan fingerprint density at radius 2 is 1.79 bits per heavy atom. The number of rotatable bonds is 1. The Morgan fingerprint density at radius 1 is 1.11 bits per heavy atom. The van der Waals surface area contributed by atoms with E-state index in [0.29, 0.717) is 20.5 Å². The predicted octanol–water partition coefficient (Wildman–Crippen LogP) is 5.30. The third-order valence-corrected chi connectivity index (χ3v) is 3.89. The number of hydrogen-bond donors (Lipinski definition) is 1. The number of aryl methyl sites for hydroxylation is 1. The molecule has 3 aromatic rings. The summed E-state index contributed by atoms with van der Waals surface area (Å²) in [5, 5.41) is 1.15. The zero-order chi connectivity index (χ0) is 13.6. The molecule has 2 nitrogen and oxygen atoms in total. The molecule has 1 aromatic heterocycles. The minimum atomic E-state index is 0.574. The molecule has 5 heteroatoms. The zero-order valence-corrected chi connectivity index (χ0v) is 12.4. The van der Waals surface area contributed by atoms with Crippen molar-refractivity contribution in [1.29, 1.82) is 0 Å². The number of fused-ring (bicyclic) bond motifs is 1. The molecule has 19 heavy (non-hydrogen) atoms. The van der Waals surface area contributed by atoms with Crippen LogP contribution >= 0.6 is 35.4 Å². The van der Waals surface area contributed by atoms with Gasteiger partial charge in [-0.25, -0.2) is 0 Å². The maximum atomic E-state index is 6.26. The maximum absolute atomic E-state index is 6.26. The summed E-state index contributed by atoms with van der Waals surface area (Å²) in [4.78, 5) is 3.18. The van der Waals surface area contributed by atoms with E-state index in [1.54, 1.807) is 12.1 Å². The van der Waals surface area contributed by atoms with E-state index in [9.17, 15) is 0 Å². The van der Waals surface area contributed by atoms with E-state index in [4.69, 9.17) is 35.4 Å². The van der Waals surface area contributed by atoms with E-state index in [2.05, 4.69) is 4.98 Å². The number of H-pyrrole nitrogens is 1. The van der Waals surface area contributed by atoms with E-state index in [1.807, 2.05) is 35.8 Å². The van der Waals surface area contributed by atoms with Crippen LogP contribution in [-0.4, -0.2) is 9.55 Å². The van der Waals surface area contributed by atoms with Crippen molar-refractivity contribution in [3.05, 3.63) is 56.8 Å². The van der Waals surface area contributed by atoms with E-state index < -0.39 is 0 Å². The monoisotopic (exact) mass is 308 g/mol. The Bertz CT molecular complexity index is 813. The van der Waals surface area contributed by atoms with Crippen LogP contribution in [-0.2, 0) is 0 Å². The largest absolute Gasteiger partial charge is 0.330 e. The summed E-state index contributed by atoms with van der Waals surface area (Å²) in [5.41, 5.74) is 3.82. The van der Waals surface area contributed by atoms with Gasteiger partial charge in [0.05, 0.1) is 26.8 Å². The van der Waals surface area contributed by atoms with Gasteiger partial charge in [0.25, 0.3) is 0 Å². The van der Waals surface area contributed by atoms with Crippen LogP contribution < -0.4 is 0 Å². The van der Waals surface area contributed by atoms with Gasteiger partial charge >= 0.3 is 0 Å². The standard InChI is InChI=1S/C14H10Cl2N2S/c1-8-5-6-12-11(7-8)17-14(19)18(12)13-9(15)3-2-4-10(13)16/h2-7H,1H3,(H,17,19). The Morgan fingerprint density at radius 3 is 2.47 bits per heavy atom.